The summed E-state index contributed by atoms with van der Waals surface area (Å²) in [6, 6.07) is 15.9. The fraction of sp³-hybridized carbons (Fsp3) is 0.294. The van der Waals surface area contributed by atoms with Crippen molar-refractivity contribution in [2.45, 2.75) is 37.4 Å². The number of sulfone groups is 2. The van der Waals surface area contributed by atoms with Crippen LogP contribution in [0, 0.1) is 0 Å². The Morgan fingerprint density at radius 2 is 0.960 bits per heavy atom. The van der Waals surface area contributed by atoms with E-state index in [0.29, 0.717) is 0 Å². The predicted molar refractivity (Wildman–Crippen MR) is 107 cm³/mol. The van der Waals surface area contributed by atoms with Gasteiger partial charge in [0.15, 0.2) is 19.7 Å². The van der Waals surface area contributed by atoms with E-state index in [1.54, 1.807) is 36.4 Å². The third-order valence-corrected chi connectivity index (χ3v) is 11.3. The first-order valence-corrected chi connectivity index (χ1v) is 11.9. The van der Waals surface area contributed by atoms with Crippen LogP contribution in [0.1, 0.15) is 20.3 Å². The minimum atomic E-state index is -3.79. The molecule has 0 aliphatic carbocycles. The summed E-state index contributed by atoms with van der Waals surface area (Å²) in [6.45, 7) is 2.94. The Bertz CT molecular complexity index is 857. The van der Waals surface area contributed by atoms with E-state index in [1.165, 1.54) is 38.1 Å². The molecular weight excluding hydrogens is 492 g/mol. The van der Waals surface area contributed by atoms with E-state index in [-0.39, 0.29) is 16.2 Å². The molecule has 0 radical (unpaired) electrons. The molecule has 0 fully saturated rings. The van der Waals surface area contributed by atoms with Gasteiger partial charge in [-0.25, -0.2) is 16.8 Å². The summed E-state index contributed by atoms with van der Waals surface area (Å²) < 4.78 is 48.8. The monoisotopic (exact) mass is 508 g/mol. The molecule has 2 unspecified atom stereocenters. The maximum absolute atomic E-state index is 12.9. The summed E-state index contributed by atoms with van der Waals surface area (Å²) in [5.41, 5.74) is 0. The van der Waals surface area contributed by atoms with Crippen molar-refractivity contribution in [1.29, 1.82) is 0 Å². The molecule has 136 valence electrons. The van der Waals surface area contributed by atoms with E-state index in [4.69, 9.17) is 0 Å². The van der Waals surface area contributed by atoms with Gasteiger partial charge in [0.25, 0.3) is 0 Å². The summed E-state index contributed by atoms with van der Waals surface area (Å²) in [5, 5.41) is 0. The second-order valence-corrected chi connectivity index (χ2v) is 15.3. The van der Waals surface area contributed by atoms with Crippen molar-refractivity contribution in [1.82, 2.24) is 0 Å². The van der Waals surface area contributed by atoms with Gasteiger partial charge >= 0.3 is 0 Å². The highest BCUT2D eigenvalue weighted by Gasteiger charge is 2.48. The van der Waals surface area contributed by atoms with Gasteiger partial charge in [-0.2, -0.15) is 0 Å². The molecule has 0 aliphatic heterocycles. The molecule has 8 heteroatoms. The van der Waals surface area contributed by atoms with Gasteiger partial charge in [-0.05, 0) is 38.1 Å². The summed E-state index contributed by atoms with van der Waals surface area (Å²) in [4.78, 5) is 0.268. The third kappa shape index (κ3) is 4.02. The zero-order valence-electron chi connectivity index (χ0n) is 13.7. The average molecular weight is 510 g/mol. The lowest BCUT2D eigenvalue weighted by atomic mass is 10.2. The summed E-state index contributed by atoms with van der Waals surface area (Å²) >= 11 is 6.52. The number of alkyl halides is 2. The fourth-order valence-corrected chi connectivity index (χ4v) is 8.50. The molecule has 0 heterocycles. The van der Waals surface area contributed by atoms with Crippen molar-refractivity contribution in [2.24, 2.45) is 0 Å². The van der Waals surface area contributed by atoms with Gasteiger partial charge in [0.05, 0.1) is 9.79 Å². The lowest BCUT2D eigenvalue weighted by Gasteiger charge is -2.31. The van der Waals surface area contributed by atoms with Crippen molar-refractivity contribution in [3.8, 4) is 0 Å². The average Bonchev–Trinajstić information content (AvgIpc) is 2.55. The van der Waals surface area contributed by atoms with Crippen molar-refractivity contribution in [3.63, 3.8) is 0 Å². The Kier molecular flexibility index (Phi) is 5.88. The lowest BCUT2D eigenvalue weighted by Crippen LogP contribution is -2.40. The van der Waals surface area contributed by atoms with Crippen LogP contribution in [0.15, 0.2) is 70.5 Å². The van der Waals surface area contributed by atoms with Gasteiger partial charge in [-0.3, -0.25) is 0 Å². The van der Waals surface area contributed by atoms with Gasteiger partial charge in [0.1, 0.15) is 7.31 Å². The van der Waals surface area contributed by atoms with Crippen molar-refractivity contribution < 1.29 is 16.8 Å². The van der Waals surface area contributed by atoms with Crippen LogP contribution in [0.2, 0.25) is 0 Å². The zero-order valence-corrected chi connectivity index (χ0v) is 18.5. The predicted octanol–water partition coefficient (Wildman–Crippen LogP) is 4.55. The van der Waals surface area contributed by atoms with Crippen LogP contribution < -0.4 is 0 Å². The molecule has 4 nitrogen and oxygen atoms in total. The molecule has 0 bridgehead atoms. The Balaban J connectivity index is 2.42. The SMILES string of the molecule is CC(Br)(CC(C)(Br)S(=O)(=O)c1ccccc1)S(=O)(=O)c1ccccc1. The Morgan fingerprint density at radius 3 is 1.24 bits per heavy atom. The molecule has 0 amide bonds. The van der Waals surface area contributed by atoms with E-state index in [1.807, 2.05) is 0 Å². The fourth-order valence-electron chi connectivity index (χ4n) is 2.44. The molecule has 0 spiro atoms. The molecule has 2 aromatic rings. The molecule has 25 heavy (non-hydrogen) atoms. The van der Waals surface area contributed by atoms with Crippen LogP contribution in [0.4, 0.5) is 0 Å². The quantitative estimate of drug-likeness (QED) is 0.536. The van der Waals surface area contributed by atoms with E-state index in [0.717, 1.165) is 0 Å². The maximum Gasteiger partial charge on any atom is 0.193 e. The molecule has 0 aliphatic rings. The van der Waals surface area contributed by atoms with Crippen LogP contribution in [0.3, 0.4) is 0 Å². The second-order valence-electron chi connectivity index (χ2n) is 6.01. The normalized spacial score (nSPS) is 17.4. The Labute approximate surface area is 165 Å². The molecular formula is C17H18Br2O4S2. The molecule has 0 aromatic heterocycles. The topological polar surface area (TPSA) is 68.3 Å². The molecule has 2 rings (SSSR count). The maximum atomic E-state index is 12.9. The van der Waals surface area contributed by atoms with E-state index < -0.39 is 27.0 Å². The molecule has 2 atom stereocenters. The second kappa shape index (κ2) is 7.13. The van der Waals surface area contributed by atoms with Gasteiger partial charge in [0, 0.05) is 6.42 Å². The van der Waals surface area contributed by atoms with Gasteiger partial charge in [-0.1, -0.05) is 68.3 Å². The van der Waals surface area contributed by atoms with Crippen LogP contribution in [-0.4, -0.2) is 24.1 Å². The lowest BCUT2D eigenvalue weighted by molar-refractivity contribution is 0.548. The van der Waals surface area contributed by atoms with Crippen LogP contribution >= 0.6 is 31.9 Å². The molecule has 0 N–H and O–H groups in total. The van der Waals surface area contributed by atoms with Crippen LogP contribution in [0.25, 0.3) is 0 Å². The largest absolute Gasteiger partial charge is 0.222 e. The smallest absolute Gasteiger partial charge is 0.193 e. The highest BCUT2D eigenvalue weighted by atomic mass is 79.9. The van der Waals surface area contributed by atoms with Gasteiger partial charge in [-0.15, -0.1) is 0 Å². The molecule has 2 aromatic carbocycles. The van der Waals surface area contributed by atoms with E-state index in [9.17, 15) is 16.8 Å². The number of hydrogen-bond donors (Lipinski definition) is 0. The van der Waals surface area contributed by atoms with Crippen LogP contribution in [-0.2, 0) is 19.7 Å². The standard InChI is InChI=1S/C17H18Br2O4S2/c1-16(18,24(20,21)14-9-5-3-6-10-14)13-17(2,19)25(22,23)15-11-7-4-8-12-15/h3-12H,13H2,1-2H3. The van der Waals surface area contributed by atoms with Crippen molar-refractivity contribution in [2.75, 3.05) is 0 Å². The van der Waals surface area contributed by atoms with Crippen molar-refractivity contribution >= 4 is 51.5 Å². The Hall–Kier alpha value is -0.700. The summed E-state index contributed by atoms with van der Waals surface area (Å²) in [7, 11) is -7.58. The zero-order chi connectivity index (χ0) is 18.9. The first-order chi connectivity index (χ1) is 11.4. The van der Waals surface area contributed by atoms with Gasteiger partial charge in [0.2, 0.25) is 0 Å². The molecule has 0 saturated heterocycles. The summed E-state index contributed by atoms with van der Waals surface area (Å²) in [6.07, 6.45) is -0.186. The number of rotatable bonds is 6. The first kappa shape index (κ1) is 20.6. The highest BCUT2D eigenvalue weighted by Crippen LogP contribution is 2.45. The van der Waals surface area contributed by atoms with Crippen molar-refractivity contribution in [3.05, 3.63) is 60.7 Å². The number of benzene rings is 2. The first-order valence-electron chi connectivity index (χ1n) is 7.39. The minimum Gasteiger partial charge on any atom is -0.222 e. The minimum absolute atomic E-state index is 0.134. The summed E-state index contributed by atoms with van der Waals surface area (Å²) in [5.74, 6) is 0. The van der Waals surface area contributed by atoms with Gasteiger partial charge < -0.3 is 0 Å². The highest BCUT2D eigenvalue weighted by molar-refractivity contribution is 9.12. The Morgan fingerprint density at radius 1 is 0.680 bits per heavy atom. The third-order valence-electron chi connectivity index (χ3n) is 3.86. The van der Waals surface area contributed by atoms with E-state index in [2.05, 4.69) is 31.9 Å². The van der Waals surface area contributed by atoms with E-state index >= 15 is 0 Å². The number of halogens is 2. The number of hydrogen-bond acceptors (Lipinski definition) is 4. The van der Waals surface area contributed by atoms with Crippen LogP contribution in [0.5, 0.6) is 0 Å². The molecule has 0 saturated carbocycles.